The molecule has 1 amide bonds. The number of carboxylic acid groups (broad SMARTS) is 1. The Kier molecular flexibility index (Phi) is 5.11. The molecule has 2 N–H and O–H groups in total. The number of carbonyl (C=O) groups excluding carboxylic acids is 1. The summed E-state index contributed by atoms with van der Waals surface area (Å²) in [6.07, 6.45) is -1.00. The van der Waals surface area contributed by atoms with Crippen LogP contribution in [0.25, 0.3) is 0 Å². The van der Waals surface area contributed by atoms with Crippen molar-refractivity contribution in [1.29, 1.82) is 0 Å². The van der Waals surface area contributed by atoms with Gasteiger partial charge in [-0.15, -0.1) is 0 Å². The molecule has 0 spiro atoms. The van der Waals surface area contributed by atoms with Crippen LogP contribution in [0.1, 0.15) is 6.92 Å². The normalized spacial score (nSPS) is 11.9. The Morgan fingerprint density at radius 3 is 2.71 bits per heavy atom. The van der Waals surface area contributed by atoms with Crippen molar-refractivity contribution >= 4 is 33.5 Å². The molecule has 0 heterocycles. The van der Waals surface area contributed by atoms with Gasteiger partial charge in [-0.3, -0.25) is 4.79 Å². The number of para-hydroxylation sites is 1. The predicted octanol–water partition coefficient (Wildman–Crippen LogP) is 1.88. The maximum atomic E-state index is 11.4. The molecule has 0 bridgehead atoms. The number of carboxylic acids is 1. The van der Waals surface area contributed by atoms with Crippen LogP contribution in [0, 0.1) is 0 Å². The van der Waals surface area contributed by atoms with Gasteiger partial charge < -0.3 is 15.2 Å². The third-order valence-corrected chi connectivity index (χ3v) is 2.65. The number of hydrogen-bond acceptors (Lipinski definition) is 3. The second-order valence-corrected chi connectivity index (χ2v) is 4.17. The first-order valence-electron chi connectivity index (χ1n) is 4.89. The summed E-state index contributed by atoms with van der Waals surface area (Å²) in [4.78, 5) is 21.9. The molecule has 0 aromatic heterocycles. The van der Waals surface area contributed by atoms with Crippen molar-refractivity contribution in [1.82, 2.24) is 0 Å². The van der Waals surface area contributed by atoms with Gasteiger partial charge in [0.15, 0.2) is 6.10 Å². The number of rotatable bonds is 5. The molecular formula is C11H12BrNO4. The fraction of sp³-hybridized carbons (Fsp3) is 0.273. The number of carbonyl (C=O) groups is 2. The molecule has 0 fully saturated rings. The maximum Gasteiger partial charge on any atom is 0.332 e. The zero-order valence-corrected chi connectivity index (χ0v) is 10.7. The van der Waals surface area contributed by atoms with Crippen LogP contribution < -0.4 is 5.32 Å². The second kappa shape index (κ2) is 6.36. The van der Waals surface area contributed by atoms with Crippen molar-refractivity contribution in [3.8, 4) is 0 Å². The lowest BCUT2D eigenvalue weighted by Crippen LogP contribution is -2.26. The molecule has 6 heteroatoms. The van der Waals surface area contributed by atoms with Crippen LogP contribution in [-0.2, 0) is 14.3 Å². The monoisotopic (exact) mass is 301 g/mol. The van der Waals surface area contributed by atoms with Crippen LogP contribution in [0.4, 0.5) is 5.69 Å². The summed E-state index contributed by atoms with van der Waals surface area (Å²) in [5.74, 6) is -1.50. The largest absolute Gasteiger partial charge is 0.479 e. The molecule has 0 aliphatic heterocycles. The van der Waals surface area contributed by atoms with Crippen LogP contribution in [0.5, 0.6) is 0 Å². The van der Waals surface area contributed by atoms with E-state index in [1.165, 1.54) is 6.92 Å². The van der Waals surface area contributed by atoms with E-state index < -0.39 is 18.0 Å². The van der Waals surface area contributed by atoms with Gasteiger partial charge in [-0.2, -0.15) is 0 Å². The zero-order chi connectivity index (χ0) is 12.8. The number of ether oxygens (including phenoxy) is 1. The van der Waals surface area contributed by atoms with E-state index in [9.17, 15) is 9.59 Å². The molecule has 0 unspecified atom stereocenters. The summed E-state index contributed by atoms with van der Waals surface area (Å²) in [5, 5.41) is 11.2. The molecule has 1 aromatic rings. The first-order valence-corrected chi connectivity index (χ1v) is 5.69. The Labute approximate surface area is 107 Å². The first-order chi connectivity index (χ1) is 8.00. The van der Waals surface area contributed by atoms with E-state index in [-0.39, 0.29) is 6.61 Å². The van der Waals surface area contributed by atoms with Gasteiger partial charge in [0.2, 0.25) is 5.91 Å². The van der Waals surface area contributed by atoms with E-state index in [1.54, 1.807) is 18.2 Å². The molecule has 0 saturated carbocycles. The first kappa shape index (κ1) is 13.7. The Balaban J connectivity index is 2.46. The van der Waals surface area contributed by atoms with Crippen LogP contribution in [0.15, 0.2) is 28.7 Å². The summed E-state index contributed by atoms with van der Waals surface area (Å²) >= 11 is 3.28. The average Bonchev–Trinajstić information content (AvgIpc) is 2.29. The highest BCUT2D eigenvalue weighted by Gasteiger charge is 2.13. The molecule has 1 aromatic carbocycles. The molecule has 0 aliphatic carbocycles. The summed E-state index contributed by atoms with van der Waals surface area (Å²) in [7, 11) is 0. The number of amides is 1. The number of benzene rings is 1. The van der Waals surface area contributed by atoms with Crippen molar-refractivity contribution in [2.75, 3.05) is 11.9 Å². The molecule has 17 heavy (non-hydrogen) atoms. The summed E-state index contributed by atoms with van der Waals surface area (Å²) < 4.78 is 5.60. The predicted molar refractivity (Wildman–Crippen MR) is 65.8 cm³/mol. The van der Waals surface area contributed by atoms with Gasteiger partial charge in [0.05, 0.1) is 5.69 Å². The minimum atomic E-state index is -1.10. The minimum Gasteiger partial charge on any atom is -0.479 e. The van der Waals surface area contributed by atoms with Crippen LogP contribution in [-0.4, -0.2) is 29.7 Å². The van der Waals surface area contributed by atoms with Gasteiger partial charge in [-0.05, 0) is 35.0 Å². The Morgan fingerprint density at radius 2 is 2.12 bits per heavy atom. The van der Waals surface area contributed by atoms with Gasteiger partial charge in [-0.25, -0.2) is 4.79 Å². The summed E-state index contributed by atoms with van der Waals surface area (Å²) in [6, 6.07) is 7.11. The van der Waals surface area contributed by atoms with Crippen molar-refractivity contribution < 1.29 is 19.4 Å². The smallest absolute Gasteiger partial charge is 0.332 e. The molecule has 5 nitrogen and oxygen atoms in total. The minimum absolute atomic E-state index is 0.297. The van der Waals surface area contributed by atoms with Gasteiger partial charge in [0, 0.05) is 4.47 Å². The molecule has 92 valence electrons. The number of aliphatic carboxylic acids is 1. The quantitative estimate of drug-likeness (QED) is 0.870. The van der Waals surface area contributed by atoms with Gasteiger partial charge in [0.1, 0.15) is 6.61 Å². The van der Waals surface area contributed by atoms with E-state index in [0.29, 0.717) is 5.69 Å². The number of hydrogen-bond donors (Lipinski definition) is 2. The lowest BCUT2D eigenvalue weighted by Gasteiger charge is -2.09. The molecule has 0 radical (unpaired) electrons. The maximum absolute atomic E-state index is 11.4. The van der Waals surface area contributed by atoms with Crippen LogP contribution in [0.2, 0.25) is 0 Å². The van der Waals surface area contributed by atoms with Gasteiger partial charge in [-0.1, -0.05) is 12.1 Å². The highest BCUT2D eigenvalue weighted by molar-refractivity contribution is 9.10. The Morgan fingerprint density at radius 1 is 1.47 bits per heavy atom. The Hall–Kier alpha value is -1.40. The fourth-order valence-corrected chi connectivity index (χ4v) is 1.40. The van der Waals surface area contributed by atoms with Crippen LogP contribution in [0.3, 0.4) is 0 Å². The molecular weight excluding hydrogens is 290 g/mol. The van der Waals surface area contributed by atoms with E-state index in [1.807, 2.05) is 6.07 Å². The number of anilines is 1. The van der Waals surface area contributed by atoms with Gasteiger partial charge >= 0.3 is 5.97 Å². The standard InChI is InChI=1S/C11H12BrNO4/c1-7(11(15)16)17-6-10(14)13-9-5-3-2-4-8(9)12/h2-5,7H,6H2,1H3,(H,13,14)(H,15,16)/t7-/m1/s1. The van der Waals surface area contributed by atoms with Crippen molar-refractivity contribution in [3.63, 3.8) is 0 Å². The van der Waals surface area contributed by atoms with E-state index in [0.717, 1.165) is 4.47 Å². The zero-order valence-electron chi connectivity index (χ0n) is 9.14. The highest BCUT2D eigenvalue weighted by Crippen LogP contribution is 2.20. The molecule has 0 aliphatic rings. The van der Waals surface area contributed by atoms with Crippen LogP contribution >= 0.6 is 15.9 Å². The van der Waals surface area contributed by atoms with E-state index in [4.69, 9.17) is 9.84 Å². The fourth-order valence-electron chi connectivity index (χ4n) is 1.02. The molecule has 1 atom stereocenters. The number of halogens is 1. The summed E-state index contributed by atoms with van der Waals surface area (Å²) in [6.45, 7) is 1.07. The lowest BCUT2D eigenvalue weighted by atomic mass is 10.3. The van der Waals surface area contributed by atoms with Crippen molar-refractivity contribution in [2.45, 2.75) is 13.0 Å². The topological polar surface area (TPSA) is 75.6 Å². The summed E-state index contributed by atoms with van der Waals surface area (Å²) in [5.41, 5.74) is 0.615. The van der Waals surface area contributed by atoms with Crippen molar-refractivity contribution in [3.05, 3.63) is 28.7 Å². The van der Waals surface area contributed by atoms with E-state index >= 15 is 0 Å². The third kappa shape index (κ3) is 4.54. The molecule has 0 saturated heterocycles. The Bertz CT molecular complexity index is 422. The molecule has 1 rings (SSSR count). The average molecular weight is 302 g/mol. The SMILES string of the molecule is C[C@@H](OCC(=O)Nc1ccccc1Br)C(=O)O. The van der Waals surface area contributed by atoms with E-state index in [2.05, 4.69) is 21.2 Å². The van der Waals surface area contributed by atoms with Crippen molar-refractivity contribution in [2.24, 2.45) is 0 Å². The second-order valence-electron chi connectivity index (χ2n) is 3.32. The lowest BCUT2D eigenvalue weighted by molar-refractivity contribution is -0.150. The van der Waals surface area contributed by atoms with Gasteiger partial charge in [0.25, 0.3) is 0 Å². The highest BCUT2D eigenvalue weighted by atomic mass is 79.9. The number of nitrogens with one attached hydrogen (secondary N) is 1. The third-order valence-electron chi connectivity index (χ3n) is 1.96.